The lowest BCUT2D eigenvalue weighted by atomic mass is 9.90. The van der Waals surface area contributed by atoms with Crippen molar-refractivity contribution in [3.63, 3.8) is 0 Å². The van der Waals surface area contributed by atoms with Gasteiger partial charge in [0.1, 0.15) is 0 Å². The van der Waals surface area contributed by atoms with Gasteiger partial charge in [0.2, 0.25) is 0 Å². The third kappa shape index (κ3) is 3.36. The van der Waals surface area contributed by atoms with E-state index in [-0.39, 0.29) is 11.6 Å². The molecule has 1 aliphatic heterocycles. The number of carbonyl (C=O) groups excluding carboxylic acids is 1. The van der Waals surface area contributed by atoms with E-state index in [0.717, 1.165) is 12.8 Å². The highest BCUT2D eigenvalue weighted by Crippen LogP contribution is 2.26. The predicted molar refractivity (Wildman–Crippen MR) is 70.4 cm³/mol. The fraction of sp³-hybridized carbons (Fsp3) is 0.923. The van der Waals surface area contributed by atoms with Crippen LogP contribution in [0, 0.1) is 0 Å². The Morgan fingerprint density at radius 1 is 1.17 bits per heavy atom. The van der Waals surface area contributed by atoms with Crippen molar-refractivity contribution < 1.29 is 9.53 Å². The summed E-state index contributed by atoms with van der Waals surface area (Å²) in [5, 5.41) is 3.20. The first-order valence-electron chi connectivity index (χ1n) is 7.11. The Balaban J connectivity index is 1.93. The average molecular weight is 255 g/mol. The molecule has 2 rings (SSSR count). The van der Waals surface area contributed by atoms with Crippen LogP contribution in [0.3, 0.4) is 0 Å². The number of rotatable bonds is 2. The fourth-order valence-electron chi connectivity index (χ4n) is 2.86. The number of carbonyl (C=O) groups is 1. The minimum Gasteiger partial charge on any atom is -0.378 e. The van der Waals surface area contributed by atoms with E-state index in [1.807, 2.05) is 4.90 Å². The van der Waals surface area contributed by atoms with E-state index in [4.69, 9.17) is 10.5 Å². The lowest BCUT2D eigenvalue weighted by molar-refractivity contribution is 0.0506. The van der Waals surface area contributed by atoms with E-state index in [9.17, 15) is 4.79 Å². The molecule has 0 bridgehead atoms. The first-order chi connectivity index (χ1) is 8.76. The van der Waals surface area contributed by atoms with Crippen LogP contribution in [0.4, 0.5) is 4.79 Å². The normalized spacial score (nSPS) is 24.4. The van der Waals surface area contributed by atoms with Gasteiger partial charge in [-0.15, -0.1) is 0 Å². The smallest absolute Gasteiger partial charge is 0.318 e. The van der Waals surface area contributed by atoms with Gasteiger partial charge in [-0.3, -0.25) is 0 Å². The molecule has 2 fully saturated rings. The zero-order chi connectivity index (χ0) is 12.8. The summed E-state index contributed by atoms with van der Waals surface area (Å²) in [7, 11) is 0. The minimum atomic E-state index is -0.175. The van der Waals surface area contributed by atoms with E-state index < -0.39 is 0 Å². The maximum atomic E-state index is 12.2. The van der Waals surface area contributed by atoms with Crippen LogP contribution in [-0.4, -0.2) is 49.3 Å². The second-order valence-corrected chi connectivity index (χ2v) is 5.43. The Hall–Kier alpha value is -0.810. The van der Waals surface area contributed by atoms with Crippen LogP contribution >= 0.6 is 0 Å². The standard InChI is InChI=1S/C13H25N3O2/c14-11-13(5-3-1-2-4-6-13)15-12(17)16-7-9-18-10-8-16/h1-11,14H2,(H,15,17). The van der Waals surface area contributed by atoms with Gasteiger partial charge in [-0.2, -0.15) is 0 Å². The summed E-state index contributed by atoms with van der Waals surface area (Å²) in [6, 6.07) is 0.0330. The third-order valence-electron chi connectivity index (χ3n) is 4.12. The van der Waals surface area contributed by atoms with Crippen LogP contribution in [0.1, 0.15) is 38.5 Å². The van der Waals surface area contributed by atoms with Crippen molar-refractivity contribution in [1.82, 2.24) is 10.2 Å². The molecule has 2 aliphatic rings. The number of nitrogens with one attached hydrogen (secondary N) is 1. The largest absolute Gasteiger partial charge is 0.378 e. The molecule has 5 nitrogen and oxygen atoms in total. The number of nitrogens with two attached hydrogens (primary N) is 1. The molecular weight excluding hydrogens is 230 g/mol. The second kappa shape index (κ2) is 6.38. The second-order valence-electron chi connectivity index (χ2n) is 5.43. The molecule has 1 saturated carbocycles. The van der Waals surface area contributed by atoms with Gasteiger partial charge in [0.05, 0.1) is 18.8 Å². The summed E-state index contributed by atoms with van der Waals surface area (Å²) < 4.78 is 5.26. The monoisotopic (exact) mass is 255 g/mol. The van der Waals surface area contributed by atoms with Gasteiger partial charge < -0.3 is 20.7 Å². The molecule has 0 aromatic rings. The molecule has 1 aliphatic carbocycles. The molecule has 0 unspecified atom stereocenters. The number of urea groups is 1. The first-order valence-corrected chi connectivity index (χ1v) is 7.11. The summed E-state index contributed by atoms with van der Waals surface area (Å²) in [4.78, 5) is 14.1. The van der Waals surface area contributed by atoms with Crippen LogP contribution < -0.4 is 11.1 Å². The maximum Gasteiger partial charge on any atom is 0.318 e. The molecule has 0 atom stereocenters. The van der Waals surface area contributed by atoms with Crippen molar-refractivity contribution in [2.75, 3.05) is 32.8 Å². The predicted octanol–water partition coefficient (Wildman–Crippen LogP) is 1.08. The van der Waals surface area contributed by atoms with Crippen molar-refractivity contribution >= 4 is 6.03 Å². The molecule has 3 N–H and O–H groups in total. The molecule has 0 aromatic carbocycles. The van der Waals surface area contributed by atoms with Gasteiger partial charge in [0.25, 0.3) is 0 Å². The molecule has 2 amide bonds. The molecule has 0 aromatic heterocycles. The molecule has 0 spiro atoms. The number of hydrogen-bond donors (Lipinski definition) is 2. The number of ether oxygens (including phenoxy) is 1. The van der Waals surface area contributed by atoms with Crippen LogP contribution in [0.5, 0.6) is 0 Å². The summed E-state index contributed by atoms with van der Waals surface area (Å²) in [5.41, 5.74) is 5.75. The molecular formula is C13H25N3O2. The van der Waals surface area contributed by atoms with Crippen molar-refractivity contribution in [1.29, 1.82) is 0 Å². The number of nitrogens with zero attached hydrogens (tertiary/aromatic N) is 1. The number of morpholine rings is 1. The van der Waals surface area contributed by atoms with Crippen LogP contribution in [0.25, 0.3) is 0 Å². The summed E-state index contributed by atoms with van der Waals surface area (Å²) in [5.74, 6) is 0. The Bertz CT molecular complexity index is 269. The average Bonchev–Trinajstić information content (AvgIpc) is 2.66. The van der Waals surface area contributed by atoms with E-state index in [1.165, 1.54) is 25.7 Å². The van der Waals surface area contributed by atoms with E-state index in [0.29, 0.717) is 32.8 Å². The summed E-state index contributed by atoms with van der Waals surface area (Å²) in [6.45, 7) is 3.20. The minimum absolute atomic E-state index is 0.0330. The highest BCUT2D eigenvalue weighted by Gasteiger charge is 2.32. The zero-order valence-electron chi connectivity index (χ0n) is 11.1. The lowest BCUT2D eigenvalue weighted by Crippen LogP contribution is -2.58. The van der Waals surface area contributed by atoms with Crippen LogP contribution in [0.15, 0.2) is 0 Å². The van der Waals surface area contributed by atoms with Gasteiger partial charge >= 0.3 is 6.03 Å². The molecule has 5 heteroatoms. The van der Waals surface area contributed by atoms with Crippen molar-refractivity contribution in [3.8, 4) is 0 Å². The maximum absolute atomic E-state index is 12.2. The Labute approximate surface area is 109 Å². The third-order valence-corrected chi connectivity index (χ3v) is 4.12. The Kier molecular flexibility index (Phi) is 4.83. The lowest BCUT2D eigenvalue weighted by Gasteiger charge is -2.36. The summed E-state index contributed by atoms with van der Waals surface area (Å²) >= 11 is 0. The highest BCUT2D eigenvalue weighted by molar-refractivity contribution is 5.75. The van der Waals surface area contributed by atoms with Gasteiger partial charge in [-0.1, -0.05) is 25.7 Å². The SMILES string of the molecule is NCC1(NC(=O)N2CCOCC2)CCCCCC1. The van der Waals surface area contributed by atoms with Crippen LogP contribution in [0.2, 0.25) is 0 Å². The molecule has 104 valence electrons. The number of hydrogen-bond acceptors (Lipinski definition) is 3. The highest BCUT2D eigenvalue weighted by atomic mass is 16.5. The number of amides is 2. The zero-order valence-corrected chi connectivity index (χ0v) is 11.1. The van der Waals surface area contributed by atoms with Crippen molar-refractivity contribution in [2.45, 2.75) is 44.1 Å². The van der Waals surface area contributed by atoms with E-state index in [1.54, 1.807) is 0 Å². The van der Waals surface area contributed by atoms with Crippen molar-refractivity contribution in [3.05, 3.63) is 0 Å². The van der Waals surface area contributed by atoms with Gasteiger partial charge in [-0.25, -0.2) is 4.79 Å². The van der Waals surface area contributed by atoms with E-state index >= 15 is 0 Å². The molecule has 1 heterocycles. The summed E-state index contributed by atoms with van der Waals surface area (Å²) in [6.07, 6.45) is 6.88. The Morgan fingerprint density at radius 3 is 2.33 bits per heavy atom. The van der Waals surface area contributed by atoms with Gasteiger partial charge in [-0.05, 0) is 12.8 Å². The molecule has 0 radical (unpaired) electrons. The quantitative estimate of drug-likeness (QED) is 0.726. The van der Waals surface area contributed by atoms with Crippen LogP contribution in [-0.2, 0) is 4.74 Å². The fourth-order valence-corrected chi connectivity index (χ4v) is 2.86. The Morgan fingerprint density at radius 2 is 1.78 bits per heavy atom. The molecule has 18 heavy (non-hydrogen) atoms. The van der Waals surface area contributed by atoms with Gasteiger partial charge in [0.15, 0.2) is 0 Å². The van der Waals surface area contributed by atoms with Gasteiger partial charge in [0, 0.05) is 19.6 Å². The van der Waals surface area contributed by atoms with E-state index in [2.05, 4.69) is 5.32 Å². The van der Waals surface area contributed by atoms with Crippen molar-refractivity contribution in [2.24, 2.45) is 5.73 Å². The molecule has 1 saturated heterocycles. The first kappa shape index (κ1) is 13.6. The topological polar surface area (TPSA) is 67.6 Å².